The zero-order valence-electron chi connectivity index (χ0n) is 10.4. The highest BCUT2D eigenvalue weighted by Crippen LogP contribution is 2.28. The molecule has 1 saturated heterocycles. The minimum absolute atomic E-state index is 0.459. The minimum Gasteiger partial charge on any atom is -0.379 e. The Labute approximate surface area is 109 Å². The van der Waals surface area contributed by atoms with E-state index >= 15 is 0 Å². The molecule has 0 amide bonds. The van der Waals surface area contributed by atoms with E-state index in [1.165, 1.54) is 6.07 Å². The number of morpholine rings is 1. The molecule has 0 radical (unpaired) electrons. The lowest BCUT2D eigenvalue weighted by atomic mass is 10.3. The highest BCUT2D eigenvalue weighted by molar-refractivity contribution is 5.36. The summed E-state index contributed by atoms with van der Waals surface area (Å²) in [6, 6.07) is 2.38. The maximum atomic E-state index is 12.3. The van der Waals surface area contributed by atoms with E-state index in [9.17, 15) is 13.2 Å². The fourth-order valence-corrected chi connectivity index (χ4v) is 1.83. The van der Waals surface area contributed by atoms with Crippen LogP contribution in [0.1, 0.15) is 5.56 Å². The highest BCUT2D eigenvalue weighted by Gasteiger charge is 2.30. The number of anilines is 1. The van der Waals surface area contributed by atoms with Gasteiger partial charge in [-0.3, -0.25) is 4.90 Å². The topological polar surface area (TPSA) is 37.4 Å². The van der Waals surface area contributed by atoms with Crippen LogP contribution >= 0.6 is 0 Å². The van der Waals surface area contributed by atoms with Crippen molar-refractivity contribution < 1.29 is 17.9 Å². The van der Waals surface area contributed by atoms with Gasteiger partial charge in [-0.05, 0) is 12.1 Å². The van der Waals surface area contributed by atoms with Crippen molar-refractivity contribution in [2.75, 3.05) is 44.7 Å². The molecule has 0 aliphatic carbocycles. The zero-order valence-corrected chi connectivity index (χ0v) is 10.4. The number of aromatic nitrogens is 1. The molecule has 1 aliphatic heterocycles. The van der Waals surface area contributed by atoms with Crippen LogP contribution in [0.4, 0.5) is 19.0 Å². The summed E-state index contributed by atoms with van der Waals surface area (Å²) in [6.07, 6.45) is -3.49. The fraction of sp³-hybridized carbons (Fsp3) is 0.583. The molecule has 0 spiro atoms. The number of nitrogens with zero attached hydrogens (tertiary/aromatic N) is 2. The van der Waals surface area contributed by atoms with Gasteiger partial charge in [0.1, 0.15) is 5.82 Å². The number of rotatable bonds is 4. The van der Waals surface area contributed by atoms with Gasteiger partial charge < -0.3 is 10.1 Å². The average molecular weight is 275 g/mol. The molecule has 2 heterocycles. The van der Waals surface area contributed by atoms with Crippen LogP contribution in [0.15, 0.2) is 18.3 Å². The molecule has 0 saturated carbocycles. The van der Waals surface area contributed by atoms with Gasteiger partial charge >= 0.3 is 6.18 Å². The largest absolute Gasteiger partial charge is 0.417 e. The number of nitrogens with one attached hydrogen (secondary N) is 1. The molecule has 0 atom stereocenters. The number of pyridine rings is 1. The second kappa shape index (κ2) is 6.21. The molecule has 0 aromatic carbocycles. The Morgan fingerprint density at radius 3 is 2.58 bits per heavy atom. The first-order valence-corrected chi connectivity index (χ1v) is 6.13. The van der Waals surface area contributed by atoms with Gasteiger partial charge in [0.25, 0.3) is 0 Å². The Morgan fingerprint density at radius 2 is 2.00 bits per heavy atom. The van der Waals surface area contributed by atoms with Gasteiger partial charge in [-0.15, -0.1) is 0 Å². The predicted octanol–water partition coefficient (Wildman–Crippen LogP) is 1.84. The van der Waals surface area contributed by atoms with Crippen LogP contribution < -0.4 is 5.32 Å². The van der Waals surface area contributed by atoms with Crippen LogP contribution in [-0.2, 0) is 10.9 Å². The molecule has 1 N–H and O–H groups in total. The third kappa shape index (κ3) is 4.36. The van der Waals surface area contributed by atoms with Crippen molar-refractivity contribution in [3.05, 3.63) is 23.9 Å². The lowest BCUT2D eigenvalue weighted by Gasteiger charge is -2.26. The molecule has 1 aromatic heterocycles. The maximum absolute atomic E-state index is 12.3. The zero-order chi connectivity index (χ0) is 13.7. The second-order valence-electron chi connectivity index (χ2n) is 4.31. The normalized spacial score (nSPS) is 17.4. The van der Waals surface area contributed by atoms with Crippen molar-refractivity contribution in [3.8, 4) is 0 Å². The second-order valence-corrected chi connectivity index (χ2v) is 4.31. The van der Waals surface area contributed by atoms with Gasteiger partial charge in [-0.1, -0.05) is 0 Å². The van der Waals surface area contributed by atoms with Crippen LogP contribution in [0, 0.1) is 0 Å². The van der Waals surface area contributed by atoms with E-state index < -0.39 is 11.7 Å². The molecule has 1 fully saturated rings. The lowest BCUT2D eigenvalue weighted by molar-refractivity contribution is -0.137. The van der Waals surface area contributed by atoms with Gasteiger partial charge in [0.15, 0.2) is 0 Å². The third-order valence-electron chi connectivity index (χ3n) is 2.93. The van der Waals surface area contributed by atoms with Crippen LogP contribution in [0.25, 0.3) is 0 Å². The van der Waals surface area contributed by atoms with Gasteiger partial charge in [0.2, 0.25) is 0 Å². The van der Waals surface area contributed by atoms with Gasteiger partial charge in [0.05, 0.1) is 18.8 Å². The molecule has 19 heavy (non-hydrogen) atoms. The molecule has 7 heteroatoms. The lowest BCUT2D eigenvalue weighted by Crippen LogP contribution is -2.39. The summed E-state index contributed by atoms with van der Waals surface area (Å²) >= 11 is 0. The Hall–Kier alpha value is -1.34. The van der Waals surface area contributed by atoms with Gasteiger partial charge in [-0.2, -0.15) is 13.2 Å². The first-order valence-electron chi connectivity index (χ1n) is 6.13. The summed E-state index contributed by atoms with van der Waals surface area (Å²) < 4.78 is 42.2. The van der Waals surface area contributed by atoms with Gasteiger partial charge in [-0.25, -0.2) is 4.98 Å². The van der Waals surface area contributed by atoms with Crippen molar-refractivity contribution in [3.63, 3.8) is 0 Å². The smallest absolute Gasteiger partial charge is 0.379 e. The Kier molecular flexibility index (Phi) is 4.60. The SMILES string of the molecule is FC(F)(F)c1ccc(NCCN2CCOCC2)nc1. The summed E-state index contributed by atoms with van der Waals surface area (Å²) in [4.78, 5) is 5.99. The predicted molar refractivity (Wildman–Crippen MR) is 65.0 cm³/mol. The minimum atomic E-state index is -4.33. The highest BCUT2D eigenvalue weighted by atomic mass is 19.4. The summed E-state index contributed by atoms with van der Waals surface area (Å²) in [6.45, 7) is 4.73. The summed E-state index contributed by atoms with van der Waals surface area (Å²) in [5, 5.41) is 3.01. The van der Waals surface area contributed by atoms with Crippen molar-refractivity contribution in [2.45, 2.75) is 6.18 Å². The molecule has 1 aliphatic rings. The third-order valence-corrected chi connectivity index (χ3v) is 2.93. The quantitative estimate of drug-likeness (QED) is 0.910. The molecular formula is C12H16F3N3O. The van der Waals surface area contributed by atoms with E-state index in [1.807, 2.05) is 0 Å². The molecule has 0 bridgehead atoms. The van der Waals surface area contributed by atoms with E-state index in [0.717, 1.165) is 45.1 Å². The summed E-state index contributed by atoms with van der Waals surface area (Å²) in [5.41, 5.74) is -0.730. The summed E-state index contributed by atoms with van der Waals surface area (Å²) in [5.74, 6) is 0.459. The van der Waals surface area contributed by atoms with E-state index in [0.29, 0.717) is 12.4 Å². The van der Waals surface area contributed by atoms with E-state index in [1.54, 1.807) is 0 Å². The molecule has 2 rings (SSSR count). The Morgan fingerprint density at radius 1 is 1.26 bits per heavy atom. The first-order chi connectivity index (χ1) is 9.05. The number of halogens is 3. The van der Waals surface area contributed by atoms with Crippen molar-refractivity contribution in [1.29, 1.82) is 0 Å². The van der Waals surface area contributed by atoms with Gasteiger partial charge in [0, 0.05) is 32.4 Å². The standard InChI is InChI=1S/C12H16F3N3O/c13-12(14,15)10-1-2-11(17-9-10)16-3-4-18-5-7-19-8-6-18/h1-2,9H,3-8H2,(H,16,17). The first kappa shape index (κ1) is 14.1. The van der Waals surface area contributed by atoms with E-state index in [2.05, 4.69) is 15.2 Å². The number of hydrogen-bond acceptors (Lipinski definition) is 4. The summed E-state index contributed by atoms with van der Waals surface area (Å²) in [7, 11) is 0. The van der Waals surface area contributed by atoms with Crippen molar-refractivity contribution >= 4 is 5.82 Å². The van der Waals surface area contributed by atoms with Crippen LogP contribution in [0.2, 0.25) is 0 Å². The maximum Gasteiger partial charge on any atom is 0.417 e. The van der Waals surface area contributed by atoms with Crippen LogP contribution in [0.5, 0.6) is 0 Å². The van der Waals surface area contributed by atoms with E-state index in [-0.39, 0.29) is 0 Å². The molecular weight excluding hydrogens is 259 g/mol. The number of hydrogen-bond donors (Lipinski definition) is 1. The fourth-order valence-electron chi connectivity index (χ4n) is 1.83. The Balaban J connectivity index is 1.76. The monoisotopic (exact) mass is 275 g/mol. The molecule has 1 aromatic rings. The van der Waals surface area contributed by atoms with E-state index in [4.69, 9.17) is 4.74 Å². The molecule has 106 valence electrons. The molecule has 0 unspecified atom stereocenters. The Bertz CT molecular complexity index is 388. The molecule has 4 nitrogen and oxygen atoms in total. The average Bonchev–Trinajstić information content (AvgIpc) is 2.39. The van der Waals surface area contributed by atoms with Crippen molar-refractivity contribution in [2.24, 2.45) is 0 Å². The number of ether oxygens (including phenoxy) is 1. The van der Waals surface area contributed by atoms with Crippen LogP contribution in [-0.4, -0.2) is 49.3 Å². The number of alkyl halides is 3. The van der Waals surface area contributed by atoms with Crippen molar-refractivity contribution in [1.82, 2.24) is 9.88 Å². The van der Waals surface area contributed by atoms with Crippen LogP contribution in [0.3, 0.4) is 0 Å².